The molecule has 1 aliphatic carbocycles. The van der Waals surface area contributed by atoms with Gasteiger partial charge in [-0.05, 0) is 68.2 Å². The van der Waals surface area contributed by atoms with E-state index in [2.05, 4.69) is 16.3 Å². The van der Waals surface area contributed by atoms with Crippen molar-refractivity contribution in [3.8, 4) is 5.75 Å². The smallest absolute Gasteiger partial charge is 0.325 e. The summed E-state index contributed by atoms with van der Waals surface area (Å²) in [5.41, 5.74) is 2.27. The molecule has 1 aromatic rings. The van der Waals surface area contributed by atoms with Crippen LogP contribution >= 0.6 is 0 Å². The first-order valence-corrected chi connectivity index (χ1v) is 13.5. The van der Waals surface area contributed by atoms with Gasteiger partial charge in [-0.25, -0.2) is 4.79 Å². The molecule has 4 fully saturated rings. The minimum absolute atomic E-state index is 0.0187. The highest BCUT2D eigenvalue weighted by molar-refractivity contribution is 6.05. The van der Waals surface area contributed by atoms with Crippen molar-refractivity contribution in [2.24, 2.45) is 11.8 Å². The second-order valence-corrected chi connectivity index (χ2v) is 11.1. The molecule has 5 aliphatic rings. The van der Waals surface area contributed by atoms with Crippen molar-refractivity contribution in [1.82, 2.24) is 20.0 Å². The number of imide groups is 1. The van der Waals surface area contributed by atoms with Crippen LogP contribution in [0.1, 0.15) is 50.5 Å². The van der Waals surface area contributed by atoms with Crippen LogP contribution in [-0.4, -0.2) is 77.4 Å². The first-order chi connectivity index (χ1) is 17.5. The van der Waals surface area contributed by atoms with E-state index < -0.39 is 12.1 Å². The predicted molar refractivity (Wildman–Crippen MR) is 134 cm³/mol. The van der Waals surface area contributed by atoms with Gasteiger partial charge in [-0.2, -0.15) is 0 Å². The molecule has 4 aliphatic heterocycles. The number of carbonyl (C=O) groups excluding carboxylic acids is 3. The number of hydrogen-bond acceptors (Lipinski definition) is 5. The molecular formula is C28H36N4O4. The number of methoxy groups -OCH3 is 1. The highest BCUT2D eigenvalue weighted by Gasteiger charge is 2.48. The van der Waals surface area contributed by atoms with Gasteiger partial charge in [0.1, 0.15) is 11.8 Å². The lowest BCUT2D eigenvalue weighted by Gasteiger charge is -2.54. The van der Waals surface area contributed by atoms with E-state index in [0.29, 0.717) is 17.9 Å². The summed E-state index contributed by atoms with van der Waals surface area (Å²) in [4.78, 5) is 45.2. The summed E-state index contributed by atoms with van der Waals surface area (Å²) < 4.78 is 5.18. The highest BCUT2D eigenvalue weighted by Crippen LogP contribution is 2.45. The maximum Gasteiger partial charge on any atom is 0.325 e. The molecule has 0 radical (unpaired) electrons. The number of nitrogens with zero attached hydrogens (tertiary/aromatic N) is 3. The van der Waals surface area contributed by atoms with Gasteiger partial charge in [0.15, 0.2) is 0 Å². The van der Waals surface area contributed by atoms with E-state index in [0.717, 1.165) is 43.7 Å². The topological polar surface area (TPSA) is 82.2 Å². The lowest BCUT2D eigenvalue weighted by Crippen LogP contribution is -2.60. The molecule has 8 heteroatoms. The average molecular weight is 493 g/mol. The van der Waals surface area contributed by atoms with Gasteiger partial charge in [-0.15, -0.1) is 0 Å². The number of rotatable bonds is 5. The summed E-state index contributed by atoms with van der Waals surface area (Å²) in [5, 5.41) is 2.76. The number of fused-ring (bicyclic) bond motifs is 6. The number of nitrogens with one attached hydrogen (secondary N) is 1. The zero-order valence-electron chi connectivity index (χ0n) is 21.0. The van der Waals surface area contributed by atoms with Crippen LogP contribution in [0.15, 0.2) is 35.9 Å². The fraction of sp³-hybridized carbons (Fsp3) is 0.607. The third-order valence-corrected chi connectivity index (χ3v) is 8.96. The molecule has 8 nitrogen and oxygen atoms in total. The van der Waals surface area contributed by atoms with Gasteiger partial charge < -0.3 is 15.0 Å². The maximum atomic E-state index is 13.6. The zero-order chi connectivity index (χ0) is 24.8. The average Bonchev–Trinajstić information content (AvgIpc) is 3.16. The van der Waals surface area contributed by atoms with E-state index in [4.69, 9.17) is 4.74 Å². The first kappa shape index (κ1) is 23.5. The molecule has 4 amide bonds. The Morgan fingerprint density at radius 3 is 2.75 bits per heavy atom. The Morgan fingerprint density at radius 2 is 1.94 bits per heavy atom. The van der Waals surface area contributed by atoms with Crippen molar-refractivity contribution < 1.29 is 19.1 Å². The lowest BCUT2D eigenvalue weighted by atomic mass is 9.68. The Bertz CT molecular complexity index is 1070. The normalized spacial score (nSPS) is 31.9. The standard InChI is InChI=1S/C28H36N4O4/c1-36-22-9-7-18(8-10-22)16-32-27(34)23(29-28(32)35)15-25(33)31-12-4-5-19-13-20-14-21(26(19)31)17-30-11-3-2-6-24(20)30/h7-10,13,20-21,23-24,26H,2-6,11-12,14-17H2,1H3,(H,29,35)/t20-,21-,23+,24+,26+/m0/s1. The number of hydrogen-bond donors (Lipinski definition) is 1. The first-order valence-electron chi connectivity index (χ1n) is 13.5. The van der Waals surface area contributed by atoms with E-state index in [9.17, 15) is 14.4 Å². The molecule has 4 saturated heterocycles. The lowest BCUT2D eigenvalue weighted by molar-refractivity contribution is -0.139. The minimum atomic E-state index is -0.799. The van der Waals surface area contributed by atoms with Crippen LogP contribution < -0.4 is 10.1 Å². The van der Waals surface area contributed by atoms with Crippen LogP contribution in [0.25, 0.3) is 0 Å². The number of benzene rings is 1. The zero-order valence-corrected chi connectivity index (χ0v) is 21.0. The van der Waals surface area contributed by atoms with Crippen molar-refractivity contribution in [2.45, 2.75) is 69.6 Å². The van der Waals surface area contributed by atoms with Crippen LogP contribution in [0, 0.1) is 11.8 Å². The van der Waals surface area contributed by atoms with E-state index in [1.807, 2.05) is 29.2 Å². The van der Waals surface area contributed by atoms with Crippen LogP contribution in [-0.2, 0) is 16.1 Å². The highest BCUT2D eigenvalue weighted by atomic mass is 16.5. The third-order valence-electron chi connectivity index (χ3n) is 8.96. The quantitative estimate of drug-likeness (QED) is 0.505. The van der Waals surface area contributed by atoms with Crippen molar-refractivity contribution in [3.63, 3.8) is 0 Å². The summed E-state index contributed by atoms with van der Waals surface area (Å²) in [6, 6.07) is 6.89. The summed E-state index contributed by atoms with van der Waals surface area (Å²) in [5.74, 6) is 1.46. The van der Waals surface area contributed by atoms with Crippen LogP contribution in [0.2, 0.25) is 0 Å². The summed E-state index contributed by atoms with van der Waals surface area (Å²) >= 11 is 0. The minimum Gasteiger partial charge on any atom is -0.497 e. The summed E-state index contributed by atoms with van der Waals surface area (Å²) in [6.07, 6.45) is 9.63. The molecule has 4 heterocycles. The van der Waals surface area contributed by atoms with Crippen LogP contribution in [0.4, 0.5) is 4.79 Å². The fourth-order valence-electron chi connectivity index (χ4n) is 7.32. The molecule has 5 atom stereocenters. The number of ether oxygens (including phenoxy) is 1. The van der Waals surface area contributed by atoms with E-state index in [1.54, 1.807) is 7.11 Å². The molecule has 36 heavy (non-hydrogen) atoms. The van der Waals surface area contributed by atoms with Gasteiger partial charge in [0.05, 0.1) is 26.1 Å². The Balaban J connectivity index is 1.14. The molecule has 192 valence electrons. The van der Waals surface area contributed by atoms with E-state index in [-0.39, 0.29) is 30.8 Å². The number of piperidine rings is 3. The molecule has 0 aromatic heterocycles. The van der Waals surface area contributed by atoms with E-state index >= 15 is 0 Å². The molecule has 0 unspecified atom stereocenters. The monoisotopic (exact) mass is 492 g/mol. The van der Waals surface area contributed by atoms with Crippen molar-refractivity contribution in [1.29, 1.82) is 0 Å². The molecule has 2 bridgehead atoms. The second-order valence-electron chi connectivity index (χ2n) is 11.1. The summed E-state index contributed by atoms with van der Waals surface area (Å²) in [6.45, 7) is 3.16. The van der Waals surface area contributed by atoms with Gasteiger partial charge >= 0.3 is 6.03 Å². The van der Waals surface area contributed by atoms with Gasteiger partial charge in [0.2, 0.25) is 5.91 Å². The van der Waals surface area contributed by atoms with Crippen molar-refractivity contribution >= 4 is 17.8 Å². The Morgan fingerprint density at radius 1 is 1.11 bits per heavy atom. The predicted octanol–water partition coefficient (Wildman–Crippen LogP) is 2.93. The summed E-state index contributed by atoms with van der Waals surface area (Å²) in [7, 11) is 1.60. The molecule has 1 aromatic carbocycles. The molecular weight excluding hydrogens is 456 g/mol. The maximum absolute atomic E-state index is 13.6. The number of amides is 4. The van der Waals surface area contributed by atoms with Gasteiger partial charge in [-0.3, -0.25) is 19.4 Å². The number of carbonyl (C=O) groups is 3. The Kier molecular flexibility index (Phi) is 6.23. The SMILES string of the molecule is COc1ccc(CN2C(=O)N[C@H](CC(=O)N3CCCC4=C[C@H]5C[C@@H](CN6CCCC[C@H]56)[C@@H]43)C2=O)cc1. The molecule has 0 spiro atoms. The fourth-order valence-corrected chi connectivity index (χ4v) is 7.32. The van der Waals surface area contributed by atoms with Crippen LogP contribution in [0.3, 0.4) is 0 Å². The number of urea groups is 1. The largest absolute Gasteiger partial charge is 0.497 e. The van der Waals surface area contributed by atoms with Gasteiger partial charge in [-0.1, -0.05) is 30.2 Å². The third kappa shape index (κ3) is 4.19. The Hall–Kier alpha value is -2.87. The molecule has 6 rings (SSSR count). The Labute approximate surface area is 212 Å². The number of likely N-dealkylation sites (tertiary alicyclic amines) is 1. The second kappa shape index (κ2) is 9.54. The van der Waals surface area contributed by atoms with Gasteiger partial charge in [0.25, 0.3) is 5.91 Å². The van der Waals surface area contributed by atoms with E-state index in [1.165, 1.54) is 36.3 Å². The molecule has 1 N–H and O–H groups in total. The van der Waals surface area contributed by atoms with Crippen LogP contribution in [0.5, 0.6) is 5.75 Å². The van der Waals surface area contributed by atoms with Crippen molar-refractivity contribution in [2.75, 3.05) is 26.7 Å². The van der Waals surface area contributed by atoms with Gasteiger partial charge in [0, 0.05) is 19.1 Å². The van der Waals surface area contributed by atoms with Crippen molar-refractivity contribution in [3.05, 3.63) is 41.5 Å². The molecule has 0 saturated carbocycles.